The lowest BCUT2D eigenvalue weighted by Gasteiger charge is -2.12. The molecule has 0 fully saturated rings. The minimum atomic E-state index is -0.278. The Hall–Kier alpha value is -2.83. The predicted molar refractivity (Wildman–Crippen MR) is 89.9 cm³/mol. The summed E-state index contributed by atoms with van der Waals surface area (Å²) in [7, 11) is 3.04. The number of methoxy groups -OCH3 is 2. The number of rotatable bonds is 6. The lowest BCUT2D eigenvalue weighted by Crippen LogP contribution is -2.32. The molecule has 1 N–H and O–H groups in total. The maximum Gasteiger partial charge on any atom is 0.256 e. The van der Waals surface area contributed by atoms with Gasteiger partial charge in [-0.05, 0) is 26.0 Å². The average Bonchev–Trinajstić information content (AvgIpc) is 2.60. The Bertz CT molecular complexity index is 799. The number of aryl methyl sites for hydroxylation is 1. The minimum Gasteiger partial charge on any atom is -0.497 e. The first kappa shape index (κ1) is 17.5. The number of benzene rings is 1. The van der Waals surface area contributed by atoms with E-state index in [4.69, 9.17) is 9.47 Å². The van der Waals surface area contributed by atoms with Crippen LogP contribution in [0.1, 0.15) is 21.6 Å². The van der Waals surface area contributed by atoms with E-state index in [0.29, 0.717) is 41.4 Å². The van der Waals surface area contributed by atoms with Gasteiger partial charge in [0.15, 0.2) is 0 Å². The number of nitrogens with one attached hydrogen (secondary N) is 1. The molecule has 1 amide bonds. The van der Waals surface area contributed by atoms with Crippen LogP contribution in [0, 0.1) is 13.8 Å². The van der Waals surface area contributed by atoms with Crippen LogP contribution >= 0.6 is 0 Å². The van der Waals surface area contributed by atoms with Crippen molar-refractivity contribution in [1.82, 2.24) is 14.9 Å². The molecular formula is C17H21N3O4. The molecule has 0 unspecified atom stereocenters. The van der Waals surface area contributed by atoms with Crippen molar-refractivity contribution in [2.75, 3.05) is 20.8 Å². The van der Waals surface area contributed by atoms with Crippen LogP contribution in [0.4, 0.5) is 0 Å². The largest absolute Gasteiger partial charge is 0.497 e. The van der Waals surface area contributed by atoms with Gasteiger partial charge >= 0.3 is 0 Å². The van der Waals surface area contributed by atoms with E-state index in [2.05, 4.69) is 10.3 Å². The van der Waals surface area contributed by atoms with Gasteiger partial charge in [-0.15, -0.1) is 0 Å². The maximum atomic E-state index is 12.3. The number of hydrogen-bond acceptors (Lipinski definition) is 5. The Labute approximate surface area is 140 Å². The van der Waals surface area contributed by atoms with Gasteiger partial charge in [-0.1, -0.05) is 0 Å². The van der Waals surface area contributed by atoms with Crippen LogP contribution in [0.5, 0.6) is 11.5 Å². The van der Waals surface area contributed by atoms with E-state index in [1.165, 1.54) is 18.0 Å². The lowest BCUT2D eigenvalue weighted by molar-refractivity contribution is 0.0949. The first-order valence-corrected chi connectivity index (χ1v) is 7.50. The molecule has 0 aliphatic carbocycles. The van der Waals surface area contributed by atoms with Crippen molar-refractivity contribution < 1.29 is 14.3 Å². The fourth-order valence-electron chi connectivity index (χ4n) is 2.21. The predicted octanol–water partition coefficient (Wildman–Crippen LogP) is 1.31. The number of hydrogen-bond donors (Lipinski definition) is 1. The Morgan fingerprint density at radius 1 is 1.25 bits per heavy atom. The van der Waals surface area contributed by atoms with Crippen molar-refractivity contribution in [3.05, 3.63) is 51.7 Å². The zero-order chi connectivity index (χ0) is 17.7. The molecule has 1 heterocycles. The molecule has 0 aliphatic rings. The lowest BCUT2D eigenvalue weighted by atomic mass is 10.1. The van der Waals surface area contributed by atoms with Crippen LogP contribution in [-0.2, 0) is 6.54 Å². The summed E-state index contributed by atoms with van der Waals surface area (Å²) in [5.41, 5.74) is 1.63. The number of carbonyl (C=O) groups excluding carboxylic acids is 1. The molecule has 0 saturated carbocycles. The SMILES string of the molecule is COc1ccc(C(=O)NCCn2cnc(C)c(C)c2=O)c(OC)c1. The Kier molecular flexibility index (Phi) is 5.57. The van der Waals surface area contributed by atoms with Crippen molar-refractivity contribution >= 4 is 5.91 Å². The second kappa shape index (κ2) is 7.63. The van der Waals surface area contributed by atoms with Gasteiger partial charge in [-0.3, -0.25) is 14.2 Å². The molecule has 0 spiro atoms. The summed E-state index contributed by atoms with van der Waals surface area (Å²) >= 11 is 0. The molecule has 0 radical (unpaired) electrons. The van der Waals surface area contributed by atoms with Crippen molar-refractivity contribution in [2.45, 2.75) is 20.4 Å². The molecule has 2 aromatic rings. The summed E-state index contributed by atoms with van der Waals surface area (Å²) in [5.74, 6) is 0.757. The average molecular weight is 331 g/mol. The highest BCUT2D eigenvalue weighted by molar-refractivity contribution is 5.97. The van der Waals surface area contributed by atoms with Crippen LogP contribution in [0.15, 0.2) is 29.3 Å². The molecule has 2 rings (SSSR count). The van der Waals surface area contributed by atoms with E-state index in [-0.39, 0.29) is 11.5 Å². The standard InChI is InChI=1S/C17H21N3O4/c1-11-12(2)19-10-20(17(11)22)8-7-18-16(21)14-6-5-13(23-3)9-15(14)24-4/h5-6,9-10H,7-8H2,1-4H3,(H,18,21). The summed E-state index contributed by atoms with van der Waals surface area (Å²) in [4.78, 5) is 28.5. The first-order valence-electron chi connectivity index (χ1n) is 7.50. The molecule has 0 bridgehead atoms. The number of carbonyl (C=O) groups is 1. The highest BCUT2D eigenvalue weighted by Gasteiger charge is 2.13. The fraction of sp³-hybridized carbons (Fsp3) is 0.353. The molecule has 1 aromatic carbocycles. The molecular weight excluding hydrogens is 310 g/mol. The van der Waals surface area contributed by atoms with Gasteiger partial charge < -0.3 is 14.8 Å². The summed E-state index contributed by atoms with van der Waals surface area (Å²) in [5, 5.41) is 2.77. The highest BCUT2D eigenvalue weighted by atomic mass is 16.5. The summed E-state index contributed by atoms with van der Waals surface area (Å²) in [6, 6.07) is 4.97. The molecule has 0 atom stereocenters. The Morgan fingerprint density at radius 3 is 2.67 bits per heavy atom. The molecule has 0 saturated heterocycles. The second-order valence-electron chi connectivity index (χ2n) is 5.28. The van der Waals surface area contributed by atoms with E-state index in [1.54, 1.807) is 39.2 Å². The third kappa shape index (κ3) is 3.73. The van der Waals surface area contributed by atoms with Crippen LogP contribution in [-0.4, -0.2) is 36.2 Å². The molecule has 7 nitrogen and oxygen atoms in total. The van der Waals surface area contributed by atoms with Crippen LogP contribution in [0.2, 0.25) is 0 Å². The smallest absolute Gasteiger partial charge is 0.256 e. The zero-order valence-electron chi connectivity index (χ0n) is 14.3. The van der Waals surface area contributed by atoms with E-state index < -0.39 is 0 Å². The van der Waals surface area contributed by atoms with E-state index in [9.17, 15) is 9.59 Å². The fourth-order valence-corrected chi connectivity index (χ4v) is 2.21. The number of nitrogens with zero attached hydrogens (tertiary/aromatic N) is 2. The zero-order valence-corrected chi connectivity index (χ0v) is 14.3. The van der Waals surface area contributed by atoms with Gasteiger partial charge in [0.25, 0.3) is 11.5 Å². The van der Waals surface area contributed by atoms with Crippen LogP contribution in [0.3, 0.4) is 0 Å². The van der Waals surface area contributed by atoms with Gasteiger partial charge in [0.1, 0.15) is 11.5 Å². The molecule has 1 aromatic heterocycles. The summed E-state index contributed by atoms with van der Waals surface area (Å²) in [6.45, 7) is 4.18. The second-order valence-corrected chi connectivity index (χ2v) is 5.28. The van der Waals surface area contributed by atoms with Gasteiger partial charge in [-0.2, -0.15) is 0 Å². The summed E-state index contributed by atoms with van der Waals surface area (Å²) < 4.78 is 11.8. The molecule has 0 aliphatic heterocycles. The first-order chi connectivity index (χ1) is 11.5. The van der Waals surface area contributed by atoms with E-state index in [1.807, 2.05) is 0 Å². The quantitative estimate of drug-likeness (QED) is 0.863. The van der Waals surface area contributed by atoms with E-state index in [0.717, 1.165) is 0 Å². The number of ether oxygens (including phenoxy) is 2. The van der Waals surface area contributed by atoms with Crippen LogP contribution < -0.4 is 20.3 Å². The van der Waals surface area contributed by atoms with Crippen LogP contribution in [0.25, 0.3) is 0 Å². The summed E-state index contributed by atoms with van der Waals surface area (Å²) in [6.07, 6.45) is 1.49. The normalized spacial score (nSPS) is 10.3. The third-order valence-corrected chi connectivity index (χ3v) is 3.81. The molecule has 24 heavy (non-hydrogen) atoms. The monoisotopic (exact) mass is 331 g/mol. The highest BCUT2D eigenvalue weighted by Crippen LogP contribution is 2.24. The minimum absolute atomic E-state index is 0.0984. The van der Waals surface area contributed by atoms with E-state index >= 15 is 0 Å². The number of amides is 1. The van der Waals surface area contributed by atoms with Gasteiger partial charge in [-0.25, -0.2) is 4.98 Å². The van der Waals surface area contributed by atoms with Gasteiger partial charge in [0, 0.05) is 30.4 Å². The van der Waals surface area contributed by atoms with Crippen molar-refractivity contribution in [1.29, 1.82) is 0 Å². The topological polar surface area (TPSA) is 82.5 Å². The van der Waals surface area contributed by atoms with Crippen molar-refractivity contribution in [3.63, 3.8) is 0 Å². The maximum absolute atomic E-state index is 12.3. The number of aromatic nitrogens is 2. The van der Waals surface area contributed by atoms with Crippen molar-refractivity contribution in [3.8, 4) is 11.5 Å². The van der Waals surface area contributed by atoms with Crippen molar-refractivity contribution in [2.24, 2.45) is 0 Å². The Balaban J connectivity index is 2.04. The van der Waals surface area contributed by atoms with Gasteiger partial charge in [0.2, 0.25) is 0 Å². The molecule has 7 heteroatoms. The third-order valence-electron chi connectivity index (χ3n) is 3.81. The molecule has 128 valence electrons. The van der Waals surface area contributed by atoms with Gasteiger partial charge in [0.05, 0.1) is 26.1 Å². The Morgan fingerprint density at radius 2 is 2.00 bits per heavy atom.